The summed E-state index contributed by atoms with van der Waals surface area (Å²) in [5.74, 6) is -0.101. The van der Waals surface area contributed by atoms with E-state index in [1.807, 2.05) is 30.9 Å². The number of piperidine rings is 1. The van der Waals surface area contributed by atoms with E-state index in [9.17, 15) is 13.2 Å². The Morgan fingerprint density at radius 3 is 2.39 bits per heavy atom. The minimum Gasteiger partial charge on any atom is -0.368 e. The average Bonchev–Trinajstić information content (AvgIpc) is 2.79. The fourth-order valence-electron chi connectivity index (χ4n) is 4.45. The molecule has 0 saturated carbocycles. The Kier molecular flexibility index (Phi) is 6.29. The van der Waals surface area contributed by atoms with Crippen molar-refractivity contribution in [3.63, 3.8) is 0 Å². The van der Waals surface area contributed by atoms with Crippen molar-refractivity contribution in [1.29, 1.82) is 0 Å². The standard InChI is InChI=1S/C23H30N4O3S/c1-18-6-7-21(31(29,30)27-12-4-3-5-19(27)2)17-22(18)23(28)26-15-13-25(14-16-26)20-8-10-24-11-9-20/h6-11,17,19H,3-5,12-16H2,1-2H3. The second-order valence-electron chi connectivity index (χ2n) is 8.42. The molecule has 4 rings (SSSR count). The summed E-state index contributed by atoms with van der Waals surface area (Å²) in [7, 11) is -3.61. The summed E-state index contributed by atoms with van der Waals surface area (Å²) in [5, 5.41) is 0. The van der Waals surface area contributed by atoms with E-state index in [1.165, 1.54) is 0 Å². The fourth-order valence-corrected chi connectivity index (χ4v) is 6.18. The highest BCUT2D eigenvalue weighted by atomic mass is 32.2. The Bertz CT molecular complexity index is 1030. The largest absolute Gasteiger partial charge is 0.368 e. The molecule has 2 aliphatic heterocycles. The van der Waals surface area contributed by atoms with E-state index in [0.717, 1.165) is 43.6 Å². The van der Waals surface area contributed by atoms with Crippen LogP contribution in [0.15, 0.2) is 47.6 Å². The second-order valence-corrected chi connectivity index (χ2v) is 10.3. The van der Waals surface area contributed by atoms with Crippen LogP contribution in [0.3, 0.4) is 0 Å². The first-order chi connectivity index (χ1) is 14.9. The molecular formula is C23H30N4O3S. The molecule has 8 heteroatoms. The molecule has 2 aromatic rings. The Balaban J connectivity index is 1.51. The van der Waals surface area contributed by atoms with Gasteiger partial charge in [-0.3, -0.25) is 9.78 Å². The summed E-state index contributed by atoms with van der Waals surface area (Å²) in [5.41, 5.74) is 2.37. The summed E-state index contributed by atoms with van der Waals surface area (Å²) in [4.78, 5) is 21.6. The third-order valence-corrected chi connectivity index (χ3v) is 8.39. The van der Waals surface area contributed by atoms with Gasteiger partial charge in [0, 0.05) is 62.4 Å². The number of pyridine rings is 1. The van der Waals surface area contributed by atoms with E-state index >= 15 is 0 Å². The van der Waals surface area contributed by atoms with Crippen LogP contribution >= 0.6 is 0 Å². The number of hydrogen-bond donors (Lipinski definition) is 0. The highest BCUT2D eigenvalue weighted by molar-refractivity contribution is 7.89. The van der Waals surface area contributed by atoms with Crippen LogP contribution in [0.25, 0.3) is 0 Å². The maximum absolute atomic E-state index is 13.3. The maximum Gasteiger partial charge on any atom is 0.254 e. The Morgan fingerprint density at radius 1 is 1.00 bits per heavy atom. The number of benzene rings is 1. The molecule has 0 bridgehead atoms. The summed E-state index contributed by atoms with van der Waals surface area (Å²) in [6.07, 6.45) is 6.34. The van der Waals surface area contributed by atoms with Gasteiger partial charge in [0.25, 0.3) is 5.91 Å². The molecule has 2 aliphatic rings. The van der Waals surface area contributed by atoms with Crippen molar-refractivity contribution in [1.82, 2.24) is 14.2 Å². The summed E-state index contributed by atoms with van der Waals surface area (Å²) in [6.45, 7) is 7.02. The van der Waals surface area contributed by atoms with Gasteiger partial charge in [0.2, 0.25) is 10.0 Å². The lowest BCUT2D eigenvalue weighted by Gasteiger charge is -2.36. The highest BCUT2D eigenvalue weighted by Gasteiger charge is 2.32. The molecule has 1 amide bonds. The molecule has 2 fully saturated rings. The van der Waals surface area contributed by atoms with Crippen LogP contribution in [-0.2, 0) is 10.0 Å². The zero-order valence-electron chi connectivity index (χ0n) is 18.2. The predicted molar refractivity (Wildman–Crippen MR) is 121 cm³/mol. The van der Waals surface area contributed by atoms with Gasteiger partial charge in [-0.05, 0) is 56.5 Å². The van der Waals surface area contributed by atoms with Crippen LogP contribution in [0.2, 0.25) is 0 Å². The van der Waals surface area contributed by atoms with Gasteiger partial charge in [0.1, 0.15) is 0 Å². The van der Waals surface area contributed by atoms with Crippen LogP contribution in [-0.4, -0.2) is 67.3 Å². The van der Waals surface area contributed by atoms with Gasteiger partial charge in [-0.25, -0.2) is 8.42 Å². The van der Waals surface area contributed by atoms with Crippen LogP contribution in [0.5, 0.6) is 0 Å². The Morgan fingerprint density at radius 2 is 1.71 bits per heavy atom. The van der Waals surface area contributed by atoms with Gasteiger partial charge in [-0.2, -0.15) is 4.31 Å². The Labute approximate surface area is 184 Å². The summed E-state index contributed by atoms with van der Waals surface area (Å²) in [6, 6.07) is 8.88. The molecule has 7 nitrogen and oxygen atoms in total. The third-order valence-electron chi connectivity index (χ3n) is 6.38. The number of amides is 1. The maximum atomic E-state index is 13.3. The van der Waals surface area contributed by atoms with E-state index in [4.69, 9.17) is 0 Å². The number of rotatable bonds is 4. The number of carbonyl (C=O) groups is 1. The molecule has 0 N–H and O–H groups in total. The van der Waals surface area contributed by atoms with Gasteiger partial charge >= 0.3 is 0 Å². The number of sulfonamides is 1. The second kappa shape index (κ2) is 8.96. The minimum atomic E-state index is -3.61. The van der Waals surface area contributed by atoms with Crippen LogP contribution < -0.4 is 4.90 Å². The third kappa shape index (κ3) is 4.45. The zero-order chi connectivity index (χ0) is 22.0. The van der Waals surface area contributed by atoms with Gasteiger partial charge in [-0.1, -0.05) is 12.5 Å². The number of aromatic nitrogens is 1. The van der Waals surface area contributed by atoms with Crippen LogP contribution in [0.4, 0.5) is 5.69 Å². The number of nitrogens with zero attached hydrogens (tertiary/aromatic N) is 4. The molecule has 0 radical (unpaired) electrons. The molecule has 3 heterocycles. The number of hydrogen-bond acceptors (Lipinski definition) is 5. The van der Waals surface area contributed by atoms with Gasteiger partial charge < -0.3 is 9.80 Å². The highest BCUT2D eigenvalue weighted by Crippen LogP contribution is 2.27. The fraction of sp³-hybridized carbons (Fsp3) is 0.478. The molecule has 0 aliphatic carbocycles. The SMILES string of the molecule is Cc1ccc(S(=O)(=O)N2CCCCC2C)cc1C(=O)N1CCN(c2ccncc2)CC1. The van der Waals surface area contributed by atoms with Crippen molar-refractivity contribution in [3.8, 4) is 0 Å². The lowest BCUT2D eigenvalue weighted by atomic mass is 10.1. The summed E-state index contributed by atoms with van der Waals surface area (Å²) >= 11 is 0. The van der Waals surface area contributed by atoms with Gasteiger partial charge in [-0.15, -0.1) is 0 Å². The van der Waals surface area contributed by atoms with E-state index in [0.29, 0.717) is 25.2 Å². The van der Waals surface area contributed by atoms with E-state index < -0.39 is 10.0 Å². The molecular weight excluding hydrogens is 412 g/mol. The molecule has 2 saturated heterocycles. The quantitative estimate of drug-likeness (QED) is 0.728. The Hall–Kier alpha value is -2.45. The lowest BCUT2D eigenvalue weighted by Crippen LogP contribution is -2.49. The number of piperazine rings is 1. The monoisotopic (exact) mass is 442 g/mol. The van der Waals surface area contributed by atoms with E-state index in [1.54, 1.807) is 34.9 Å². The summed E-state index contributed by atoms with van der Waals surface area (Å²) < 4.78 is 28.1. The molecule has 1 aromatic heterocycles. The number of anilines is 1. The van der Waals surface area contributed by atoms with Crippen molar-refractivity contribution < 1.29 is 13.2 Å². The van der Waals surface area contributed by atoms with Crippen molar-refractivity contribution >= 4 is 21.6 Å². The number of aryl methyl sites for hydroxylation is 1. The molecule has 0 spiro atoms. The van der Waals surface area contributed by atoms with Gasteiger partial charge in [0.05, 0.1) is 4.90 Å². The van der Waals surface area contributed by atoms with Crippen LogP contribution in [0.1, 0.15) is 42.1 Å². The smallest absolute Gasteiger partial charge is 0.254 e. The first-order valence-electron chi connectivity index (χ1n) is 10.9. The van der Waals surface area contributed by atoms with E-state index in [-0.39, 0.29) is 16.8 Å². The molecule has 166 valence electrons. The van der Waals surface area contributed by atoms with Crippen LogP contribution in [0, 0.1) is 6.92 Å². The zero-order valence-corrected chi connectivity index (χ0v) is 19.0. The molecule has 31 heavy (non-hydrogen) atoms. The molecule has 1 unspecified atom stereocenters. The van der Waals surface area contributed by atoms with Crippen molar-refractivity contribution in [2.75, 3.05) is 37.6 Å². The predicted octanol–water partition coefficient (Wildman–Crippen LogP) is 2.92. The van der Waals surface area contributed by atoms with E-state index in [2.05, 4.69) is 9.88 Å². The first kappa shape index (κ1) is 21.8. The molecule has 1 atom stereocenters. The lowest BCUT2D eigenvalue weighted by molar-refractivity contribution is 0.0746. The topological polar surface area (TPSA) is 73.8 Å². The number of carbonyl (C=O) groups excluding carboxylic acids is 1. The molecule has 1 aromatic carbocycles. The normalized spacial score (nSPS) is 20.6. The van der Waals surface area contributed by atoms with Crippen molar-refractivity contribution in [2.24, 2.45) is 0 Å². The first-order valence-corrected chi connectivity index (χ1v) is 12.4. The van der Waals surface area contributed by atoms with Crippen molar-refractivity contribution in [3.05, 3.63) is 53.9 Å². The van der Waals surface area contributed by atoms with Gasteiger partial charge in [0.15, 0.2) is 0 Å². The van der Waals surface area contributed by atoms with Crippen molar-refractivity contribution in [2.45, 2.75) is 44.0 Å². The average molecular weight is 443 g/mol. The minimum absolute atomic E-state index is 0.0135.